The summed E-state index contributed by atoms with van der Waals surface area (Å²) in [5, 5.41) is 8.69. The smallest absolute Gasteiger partial charge is 0.321 e. The van der Waals surface area contributed by atoms with E-state index in [1.54, 1.807) is 6.92 Å². The van der Waals surface area contributed by atoms with Crippen molar-refractivity contribution in [2.45, 2.75) is 39.7 Å². The first kappa shape index (κ1) is 14.4. The second-order valence-electron chi connectivity index (χ2n) is 3.92. The van der Waals surface area contributed by atoms with Gasteiger partial charge in [0.05, 0.1) is 5.75 Å². The molecule has 0 aromatic rings. The van der Waals surface area contributed by atoms with E-state index in [9.17, 15) is 13.2 Å². The Morgan fingerprint density at radius 1 is 1.40 bits per heavy atom. The molecule has 5 nitrogen and oxygen atoms in total. The third kappa shape index (κ3) is 6.46. The molecule has 6 heteroatoms. The van der Waals surface area contributed by atoms with Gasteiger partial charge < -0.3 is 5.11 Å². The molecule has 2 N–H and O–H groups in total. The molecule has 0 aromatic heterocycles. The summed E-state index contributed by atoms with van der Waals surface area (Å²) >= 11 is 0. The zero-order chi connectivity index (χ0) is 12.1. The van der Waals surface area contributed by atoms with E-state index < -0.39 is 22.0 Å². The van der Waals surface area contributed by atoms with Gasteiger partial charge in [0.1, 0.15) is 6.04 Å². The Kier molecular flexibility index (Phi) is 5.82. The zero-order valence-corrected chi connectivity index (χ0v) is 10.2. The maximum Gasteiger partial charge on any atom is 0.321 e. The molecule has 1 unspecified atom stereocenters. The summed E-state index contributed by atoms with van der Waals surface area (Å²) < 4.78 is 25.0. The lowest BCUT2D eigenvalue weighted by Gasteiger charge is -2.13. The topological polar surface area (TPSA) is 83.5 Å². The first-order valence-electron chi connectivity index (χ1n) is 5.01. The average Bonchev–Trinajstić information content (AvgIpc) is 2.11. The van der Waals surface area contributed by atoms with E-state index in [1.807, 2.05) is 13.8 Å². The van der Waals surface area contributed by atoms with Crippen molar-refractivity contribution in [3.63, 3.8) is 0 Å². The molecule has 0 amide bonds. The molecule has 0 aliphatic heterocycles. The van der Waals surface area contributed by atoms with Gasteiger partial charge in [0.15, 0.2) is 0 Å². The molecule has 0 aromatic carbocycles. The number of carboxylic acid groups (broad SMARTS) is 1. The Bertz CT molecular complexity index is 297. The highest BCUT2D eigenvalue weighted by molar-refractivity contribution is 7.89. The normalized spacial score (nSPS) is 14.1. The molecule has 0 spiro atoms. The molecular weight excluding hydrogens is 218 g/mol. The van der Waals surface area contributed by atoms with E-state index in [1.165, 1.54) is 0 Å². The van der Waals surface area contributed by atoms with E-state index in [4.69, 9.17) is 5.11 Å². The fraction of sp³-hybridized carbons (Fsp3) is 0.889. The van der Waals surface area contributed by atoms with Crippen LogP contribution in [0.5, 0.6) is 0 Å². The first-order chi connectivity index (χ1) is 6.78. The van der Waals surface area contributed by atoms with Crippen LogP contribution in [0.1, 0.15) is 33.6 Å². The van der Waals surface area contributed by atoms with Crippen LogP contribution in [0.25, 0.3) is 0 Å². The predicted octanol–water partition coefficient (Wildman–Crippen LogP) is 0.815. The van der Waals surface area contributed by atoms with Gasteiger partial charge >= 0.3 is 5.97 Å². The Hall–Kier alpha value is -0.620. The molecule has 1 atom stereocenters. The summed E-state index contributed by atoms with van der Waals surface area (Å²) in [6, 6.07) is -1.01. The van der Waals surface area contributed by atoms with Crippen molar-refractivity contribution in [1.82, 2.24) is 4.72 Å². The van der Waals surface area contributed by atoms with Crippen molar-refractivity contribution < 1.29 is 18.3 Å². The van der Waals surface area contributed by atoms with Gasteiger partial charge in [0, 0.05) is 0 Å². The molecule has 0 fully saturated rings. The van der Waals surface area contributed by atoms with E-state index in [0.717, 1.165) is 0 Å². The lowest BCUT2D eigenvalue weighted by atomic mass is 10.2. The van der Waals surface area contributed by atoms with Crippen LogP contribution in [0, 0.1) is 5.92 Å². The number of rotatable bonds is 7. The van der Waals surface area contributed by atoms with Crippen LogP contribution in [-0.4, -0.2) is 31.3 Å². The highest BCUT2D eigenvalue weighted by Crippen LogP contribution is 2.03. The van der Waals surface area contributed by atoms with Gasteiger partial charge in [-0.25, -0.2) is 13.1 Å². The molecule has 0 saturated heterocycles. The average molecular weight is 237 g/mol. The first-order valence-corrected chi connectivity index (χ1v) is 6.66. The standard InChI is InChI=1S/C9H19NO4S/c1-4-8(9(11)12)10-15(13,14)6-5-7(2)3/h7-8,10H,4-6H2,1-3H3,(H,11,12). The molecule has 0 saturated carbocycles. The zero-order valence-electron chi connectivity index (χ0n) is 9.36. The summed E-state index contributed by atoms with van der Waals surface area (Å²) in [6.45, 7) is 5.47. The summed E-state index contributed by atoms with van der Waals surface area (Å²) in [6.07, 6.45) is 0.779. The lowest BCUT2D eigenvalue weighted by molar-refractivity contribution is -0.139. The summed E-state index contributed by atoms with van der Waals surface area (Å²) in [4.78, 5) is 10.6. The van der Waals surface area contributed by atoms with Gasteiger partial charge in [-0.2, -0.15) is 0 Å². The quantitative estimate of drug-likeness (QED) is 0.686. The van der Waals surface area contributed by atoms with Crippen LogP contribution in [0.4, 0.5) is 0 Å². The summed E-state index contributed by atoms with van der Waals surface area (Å²) in [5.41, 5.74) is 0. The fourth-order valence-electron chi connectivity index (χ4n) is 0.975. The van der Waals surface area contributed by atoms with E-state index in [0.29, 0.717) is 6.42 Å². The monoisotopic (exact) mass is 237 g/mol. The van der Waals surface area contributed by atoms with Gasteiger partial charge in [0.25, 0.3) is 0 Å². The third-order valence-electron chi connectivity index (χ3n) is 1.99. The van der Waals surface area contributed by atoms with Crippen LogP contribution in [-0.2, 0) is 14.8 Å². The molecule has 0 bridgehead atoms. The predicted molar refractivity (Wildman–Crippen MR) is 58.1 cm³/mol. The van der Waals surface area contributed by atoms with Gasteiger partial charge in [-0.1, -0.05) is 20.8 Å². The van der Waals surface area contributed by atoms with Crippen molar-refractivity contribution in [3.05, 3.63) is 0 Å². The Balaban J connectivity index is 4.30. The van der Waals surface area contributed by atoms with E-state index >= 15 is 0 Å². The summed E-state index contributed by atoms with van der Waals surface area (Å²) in [5.74, 6) is -0.869. The van der Waals surface area contributed by atoms with Crippen molar-refractivity contribution >= 4 is 16.0 Å². The number of aliphatic carboxylic acids is 1. The van der Waals surface area contributed by atoms with Crippen LogP contribution < -0.4 is 4.72 Å². The molecule has 0 aliphatic carbocycles. The van der Waals surface area contributed by atoms with Gasteiger partial charge in [-0.3, -0.25) is 4.79 Å². The minimum Gasteiger partial charge on any atom is -0.480 e. The highest BCUT2D eigenvalue weighted by atomic mass is 32.2. The van der Waals surface area contributed by atoms with Crippen molar-refractivity contribution in [1.29, 1.82) is 0 Å². The summed E-state index contributed by atoms with van der Waals surface area (Å²) in [7, 11) is -3.46. The largest absolute Gasteiger partial charge is 0.480 e. The second-order valence-corrected chi connectivity index (χ2v) is 5.79. The van der Waals surface area contributed by atoms with Crippen LogP contribution in [0.15, 0.2) is 0 Å². The Morgan fingerprint density at radius 2 is 1.93 bits per heavy atom. The minimum absolute atomic E-state index is 0.0194. The Morgan fingerprint density at radius 3 is 2.27 bits per heavy atom. The SMILES string of the molecule is CCC(NS(=O)(=O)CCC(C)C)C(=O)O. The minimum atomic E-state index is -3.46. The Labute approximate surface area is 90.9 Å². The van der Waals surface area contributed by atoms with E-state index in [2.05, 4.69) is 4.72 Å². The number of hydrogen-bond donors (Lipinski definition) is 2. The van der Waals surface area contributed by atoms with E-state index in [-0.39, 0.29) is 18.1 Å². The number of nitrogens with one attached hydrogen (secondary N) is 1. The third-order valence-corrected chi connectivity index (χ3v) is 3.41. The maximum atomic E-state index is 11.4. The van der Waals surface area contributed by atoms with Gasteiger partial charge in [0.2, 0.25) is 10.0 Å². The molecule has 0 aliphatic rings. The van der Waals surface area contributed by atoms with Gasteiger partial charge in [-0.15, -0.1) is 0 Å². The van der Waals surface area contributed by atoms with Gasteiger partial charge in [-0.05, 0) is 18.8 Å². The number of hydrogen-bond acceptors (Lipinski definition) is 3. The molecular formula is C9H19NO4S. The van der Waals surface area contributed by atoms with Crippen LogP contribution >= 0.6 is 0 Å². The van der Waals surface area contributed by atoms with Crippen LogP contribution in [0.2, 0.25) is 0 Å². The van der Waals surface area contributed by atoms with Crippen molar-refractivity contribution in [3.8, 4) is 0 Å². The van der Waals surface area contributed by atoms with Crippen LogP contribution in [0.3, 0.4) is 0 Å². The lowest BCUT2D eigenvalue weighted by Crippen LogP contribution is -2.41. The molecule has 0 radical (unpaired) electrons. The molecule has 0 heterocycles. The molecule has 15 heavy (non-hydrogen) atoms. The molecule has 90 valence electrons. The second kappa shape index (κ2) is 6.07. The number of carboxylic acids is 1. The van der Waals surface area contributed by atoms with Crippen molar-refractivity contribution in [2.24, 2.45) is 5.92 Å². The number of sulfonamides is 1. The maximum absolute atomic E-state index is 11.4. The van der Waals surface area contributed by atoms with Crippen molar-refractivity contribution in [2.75, 3.05) is 5.75 Å². The molecule has 0 rings (SSSR count). The highest BCUT2D eigenvalue weighted by Gasteiger charge is 2.21. The fourth-order valence-corrected chi connectivity index (χ4v) is 2.58. The number of carbonyl (C=O) groups is 1.